The molecular formula is C28H29F3N6O2. The van der Waals surface area contributed by atoms with E-state index in [9.17, 15) is 18.0 Å². The molecule has 0 atom stereocenters. The summed E-state index contributed by atoms with van der Waals surface area (Å²) in [6.45, 7) is 6.04. The molecule has 2 aromatic heterocycles. The van der Waals surface area contributed by atoms with Gasteiger partial charge in [0.25, 0.3) is 5.71 Å². The lowest BCUT2D eigenvalue weighted by molar-refractivity contribution is -0.137. The molecule has 1 aliphatic rings. The van der Waals surface area contributed by atoms with E-state index in [-0.39, 0.29) is 23.0 Å². The van der Waals surface area contributed by atoms with Crippen molar-refractivity contribution in [1.29, 1.82) is 0 Å². The summed E-state index contributed by atoms with van der Waals surface area (Å²) in [5, 5.41) is 7.54. The number of amides is 2. The summed E-state index contributed by atoms with van der Waals surface area (Å²) in [7, 11) is 0. The van der Waals surface area contributed by atoms with Crippen LogP contribution >= 0.6 is 0 Å². The number of alkyl halides is 3. The number of nitrogens with one attached hydrogen (secondary N) is 1. The second-order valence-corrected chi connectivity index (χ2v) is 9.63. The van der Waals surface area contributed by atoms with Crippen LogP contribution in [0.15, 0.2) is 53.1 Å². The number of nitrogens with zero attached hydrogens (tertiary/aromatic N) is 5. The molecule has 1 aliphatic heterocycles. The van der Waals surface area contributed by atoms with Crippen LogP contribution in [0.3, 0.4) is 0 Å². The van der Waals surface area contributed by atoms with Crippen molar-refractivity contribution in [2.24, 2.45) is 0 Å². The van der Waals surface area contributed by atoms with Crippen molar-refractivity contribution < 1.29 is 22.5 Å². The van der Waals surface area contributed by atoms with Crippen molar-refractivity contribution in [3.63, 3.8) is 0 Å². The van der Waals surface area contributed by atoms with E-state index in [4.69, 9.17) is 9.51 Å². The first-order valence-electron chi connectivity index (χ1n) is 12.9. The van der Waals surface area contributed by atoms with Crippen LogP contribution in [0.2, 0.25) is 0 Å². The maximum absolute atomic E-state index is 13.4. The monoisotopic (exact) mass is 538 g/mol. The molecule has 0 radical (unpaired) electrons. The second kappa shape index (κ2) is 10.9. The third kappa shape index (κ3) is 5.81. The molecule has 8 nitrogen and oxygen atoms in total. The van der Waals surface area contributed by atoms with Crippen LogP contribution in [-0.2, 0) is 12.6 Å². The van der Waals surface area contributed by atoms with Crippen molar-refractivity contribution in [3.05, 3.63) is 65.5 Å². The number of aryl methyl sites for hydroxylation is 2. The highest BCUT2D eigenvalue weighted by Crippen LogP contribution is 2.37. The van der Waals surface area contributed by atoms with Gasteiger partial charge >= 0.3 is 12.2 Å². The fourth-order valence-electron chi connectivity index (χ4n) is 4.74. The largest absolute Gasteiger partial charge is 0.416 e. The number of aromatic nitrogens is 3. The summed E-state index contributed by atoms with van der Waals surface area (Å²) in [6.07, 6.45) is -2.38. The van der Waals surface area contributed by atoms with Crippen LogP contribution in [0.5, 0.6) is 0 Å². The first-order valence-corrected chi connectivity index (χ1v) is 12.9. The zero-order chi connectivity index (χ0) is 27.6. The molecule has 1 N–H and O–H groups in total. The lowest BCUT2D eigenvalue weighted by Crippen LogP contribution is -2.38. The van der Waals surface area contributed by atoms with Gasteiger partial charge in [-0.25, -0.2) is 9.78 Å². The third-order valence-electron chi connectivity index (χ3n) is 6.65. The summed E-state index contributed by atoms with van der Waals surface area (Å²) < 4.78 is 45.8. The number of hydrogen-bond donors (Lipinski definition) is 1. The standard InChI is InChI=1S/C28H29F3N6O2/c1-3-7-22-33-25(23-24(35-39-26(23)34-22)19-9-5-10-20(17-19)28(29,30)31)36-12-6-13-37(15-14-36)27(38)32-21-11-4-8-18(2)16-21/h4-5,8-11,16-17H,3,6-7,12-15H2,1-2H3,(H,32,38). The van der Waals surface area contributed by atoms with Crippen LogP contribution < -0.4 is 10.2 Å². The number of carbonyl (C=O) groups excluding carboxylic acids is 1. The molecule has 5 rings (SSSR count). The van der Waals surface area contributed by atoms with Crippen molar-refractivity contribution in [1.82, 2.24) is 20.0 Å². The first kappa shape index (κ1) is 26.5. The molecule has 0 bridgehead atoms. The fraction of sp³-hybridized carbons (Fsp3) is 0.357. The Bertz CT molecular complexity index is 1490. The van der Waals surface area contributed by atoms with E-state index in [0.29, 0.717) is 56.0 Å². The Kier molecular flexibility index (Phi) is 7.40. The van der Waals surface area contributed by atoms with Gasteiger partial charge in [-0.3, -0.25) is 0 Å². The van der Waals surface area contributed by atoms with Gasteiger partial charge in [0.15, 0.2) is 0 Å². The van der Waals surface area contributed by atoms with Gasteiger partial charge in [0, 0.05) is 43.9 Å². The van der Waals surface area contributed by atoms with E-state index in [2.05, 4.69) is 15.5 Å². The van der Waals surface area contributed by atoms with Crippen molar-refractivity contribution >= 4 is 28.6 Å². The average molecular weight is 539 g/mol. The van der Waals surface area contributed by atoms with Crippen LogP contribution in [0.4, 0.5) is 29.5 Å². The van der Waals surface area contributed by atoms with Gasteiger partial charge in [-0.15, -0.1) is 0 Å². The summed E-state index contributed by atoms with van der Waals surface area (Å²) in [6, 6.07) is 12.4. The summed E-state index contributed by atoms with van der Waals surface area (Å²) in [5.41, 5.74) is 1.77. The highest BCUT2D eigenvalue weighted by Gasteiger charge is 2.32. The first-order chi connectivity index (χ1) is 18.7. The summed E-state index contributed by atoms with van der Waals surface area (Å²) in [4.78, 5) is 26.1. The number of urea groups is 1. The maximum atomic E-state index is 13.4. The number of hydrogen-bond acceptors (Lipinski definition) is 6. The molecule has 4 aromatic rings. The molecule has 0 spiro atoms. The average Bonchev–Trinajstić information content (AvgIpc) is 3.16. The zero-order valence-corrected chi connectivity index (χ0v) is 21.8. The van der Waals surface area contributed by atoms with Gasteiger partial charge in [-0.1, -0.05) is 36.3 Å². The highest BCUT2D eigenvalue weighted by atomic mass is 19.4. The predicted molar refractivity (Wildman–Crippen MR) is 143 cm³/mol. The molecule has 39 heavy (non-hydrogen) atoms. The highest BCUT2D eigenvalue weighted by molar-refractivity contribution is 5.98. The van der Waals surface area contributed by atoms with Gasteiger partial charge < -0.3 is 19.6 Å². The Hall–Kier alpha value is -4.15. The lowest BCUT2D eigenvalue weighted by Gasteiger charge is -2.24. The minimum atomic E-state index is -4.49. The molecule has 1 saturated heterocycles. The predicted octanol–water partition coefficient (Wildman–Crippen LogP) is 6.31. The van der Waals surface area contributed by atoms with Gasteiger partial charge in [0.1, 0.15) is 22.7 Å². The van der Waals surface area contributed by atoms with Crippen molar-refractivity contribution in [2.45, 2.75) is 39.3 Å². The summed E-state index contributed by atoms with van der Waals surface area (Å²) >= 11 is 0. The molecule has 3 heterocycles. The Balaban J connectivity index is 1.46. The molecule has 2 aromatic carbocycles. The molecule has 2 amide bonds. The van der Waals surface area contributed by atoms with Gasteiger partial charge in [-0.2, -0.15) is 18.2 Å². The number of fused-ring (bicyclic) bond motifs is 1. The van der Waals surface area contributed by atoms with Crippen molar-refractivity contribution in [3.8, 4) is 11.3 Å². The Morgan fingerprint density at radius 3 is 2.64 bits per heavy atom. The topological polar surface area (TPSA) is 87.4 Å². The Morgan fingerprint density at radius 2 is 1.87 bits per heavy atom. The van der Waals surface area contributed by atoms with Gasteiger partial charge in [0.05, 0.1) is 5.56 Å². The second-order valence-electron chi connectivity index (χ2n) is 9.63. The van der Waals surface area contributed by atoms with E-state index in [0.717, 1.165) is 29.8 Å². The quantitative estimate of drug-likeness (QED) is 0.321. The van der Waals surface area contributed by atoms with E-state index >= 15 is 0 Å². The molecule has 204 valence electrons. The minimum absolute atomic E-state index is 0.184. The van der Waals surface area contributed by atoms with E-state index in [1.807, 2.05) is 43.0 Å². The normalized spacial score (nSPS) is 14.5. The molecular weight excluding hydrogens is 509 g/mol. The summed E-state index contributed by atoms with van der Waals surface area (Å²) in [5.74, 6) is 1.13. The Morgan fingerprint density at radius 1 is 1.05 bits per heavy atom. The van der Waals surface area contributed by atoms with Crippen LogP contribution in [0.25, 0.3) is 22.4 Å². The molecule has 1 fully saturated rings. The van der Waals surface area contributed by atoms with Crippen LogP contribution in [0.1, 0.15) is 36.7 Å². The molecule has 0 unspecified atom stereocenters. The number of rotatable bonds is 5. The fourth-order valence-corrected chi connectivity index (χ4v) is 4.74. The third-order valence-corrected chi connectivity index (χ3v) is 6.65. The minimum Gasteiger partial charge on any atom is -0.354 e. The van der Waals surface area contributed by atoms with E-state index in [1.54, 1.807) is 11.0 Å². The van der Waals surface area contributed by atoms with E-state index in [1.165, 1.54) is 6.07 Å². The number of halogens is 3. The molecule has 11 heteroatoms. The molecule has 0 saturated carbocycles. The Labute approximate surface area is 223 Å². The molecule has 0 aliphatic carbocycles. The van der Waals surface area contributed by atoms with Crippen LogP contribution in [-0.4, -0.2) is 52.2 Å². The van der Waals surface area contributed by atoms with Gasteiger partial charge in [0.2, 0.25) is 0 Å². The van der Waals surface area contributed by atoms with Gasteiger partial charge in [-0.05, 0) is 49.6 Å². The number of carbonyl (C=O) groups is 1. The maximum Gasteiger partial charge on any atom is 0.416 e. The van der Waals surface area contributed by atoms with Crippen molar-refractivity contribution in [2.75, 3.05) is 36.4 Å². The number of benzene rings is 2. The lowest BCUT2D eigenvalue weighted by atomic mass is 10.1. The SMILES string of the molecule is CCCc1nc(N2CCCN(C(=O)Nc3cccc(C)c3)CC2)c2c(-c3cccc(C(F)(F)F)c3)noc2n1. The van der Waals surface area contributed by atoms with Crippen LogP contribution in [0, 0.1) is 6.92 Å². The zero-order valence-electron chi connectivity index (χ0n) is 21.8. The smallest absolute Gasteiger partial charge is 0.354 e. The number of anilines is 2. The van der Waals surface area contributed by atoms with E-state index < -0.39 is 11.7 Å².